The van der Waals surface area contributed by atoms with Crippen molar-refractivity contribution in [2.45, 2.75) is 39.5 Å². The molecule has 0 heterocycles. The lowest BCUT2D eigenvalue weighted by Gasteiger charge is -2.16. The summed E-state index contributed by atoms with van der Waals surface area (Å²) in [6, 6.07) is 19.2. The lowest BCUT2D eigenvalue weighted by molar-refractivity contribution is -0.139. The Morgan fingerprint density at radius 3 is 2.32 bits per heavy atom. The Morgan fingerprint density at radius 2 is 1.74 bits per heavy atom. The standard InChI is InChI=1S/C27H28BrNO2/c1-3-5-10-21(4-2)20-31-27(30)25(19-29)26(23-12-7-6-8-13-23)24-16-14-22(15-17-24)11-9-18-28/h6-8,12-17,21H,3-5,10,18,20H2,1-2H3/b26-25+. The van der Waals surface area contributed by atoms with E-state index in [1.165, 1.54) is 0 Å². The van der Waals surface area contributed by atoms with Gasteiger partial charge in [-0.15, -0.1) is 0 Å². The summed E-state index contributed by atoms with van der Waals surface area (Å²) in [4.78, 5) is 12.9. The number of nitriles is 1. The van der Waals surface area contributed by atoms with Gasteiger partial charge in [0.05, 0.1) is 11.9 Å². The van der Waals surface area contributed by atoms with Crippen LogP contribution in [-0.4, -0.2) is 17.9 Å². The number of alkyl halides is 1. The Balaban J connectivity index is 2.40. The first-order chi connectivity index (χ1) is 15.1. The van der Waals surface area contributed by atoms with E-state index in [4.69, 9.17) is 4.74 Å². The molecule has 0 saturated heterocycles. The summed E-state index contributed by atoms with van der Waals surface area (Å²) >= 11 is 3.29. The molecule has 0 aromatic heterocycles. The highest BCUT2D eigenvalue weighted by atomic mass is 79.9. The van der Waals surface area contributed by atoms with Gasteiger partial charge in [-0.1, -0.05) is 103 Å². The van der Waals surface area contributed by atoms with Gasteiger partial charge in [-0.2, -0.15) is 5.26 Å². The van der Waals surface area contributed by atoms with Crippen molar-refractivity contribution in [2.75, 3.05) is 11.9 Å². The minimum absolute atomic E-state index is 0.0239. The van der Waals surface area contributed by atoms with Gasteiger partial charge in [0.15, 0.2) is 0 Å². The van der Waals surface area contributed by atoms with Gasteiger partial charge in [-0.05, 0) is 35.6 Å². The van der Waals surface area contributed by atoms with Crippen LogP contribution in [0, 0.1) is 29.1 Å². The van der Waals surface area contributed by atoms with E-state index >= 15 is 0 Å². The average Bonchev–Trinajstić information content (AvgIpc) is 2.82. The number of carbonyl (C=O) groups excluding carboxylic acids is 1. The van der Waals surface area contributed by atoms with E-state index in [1.54, 1.807) is 0 Å². The lowest BCUT2D eigenvalue weighted by atomic mass is 9.92. The SMILES string of the molecule is CCCCC(CC)COC(=O)/C(C#N)=C(\c1ccccc1)c1ccc(C#CCBr)cc1. The summed E-state index contributed by atoms with van der Waals surface area (Å²) in [6.45, 7) is 4.59. The van der Waals surface area contributed by atoms with Crippen LogP contribution in [0.25, 0.3) is 5.57 Å². The first kappa shape index (κ1) is 24.4. The molecule has 0 aliphatic rings. The molecule has 160 valence electrons. The van der Waals surface area contributed by atoms with Crippen molar-refractivity contribution < 1.29 is 9.53 Å². The molecule has 4 heteroatoms. The molecule has 3 nitrogen and oxygen atoms in total. The summed E-state index contributed by atoms with van der Waals surface area (Å²) in [5.74, 6) is 5.77. The Morgan fingerprint density at radius 1 is 1.06 bits per heavy atom. The van der Waals surface area contributed by atoms with Crippen molar-refractivity contribution in [2.24, 2.45) is 5.92 Å². The highest BCUT2D eigenvalue weighted by Crippen LogP contribution is 2.28. The van der Waals surface area contributed by atoms with Crippen molar-refractivity contribution >= 4 is 27.5 Å². The van der Waals surface area contributed by atoms with Gasteiger partial charge >= 0.3 is 5.97 Å². The summed E-state index contributed by atoms with van der Waals surface area (Å²) < 4.78 is 5.60. The van der Waals surface area contributed by atoms with Gasteiger partial charge in [-0.3, -0.25) is 0 Å². The Labute approximate surface area is 194 Å². The molecule has 2 aromatic rings. The molecule has 0 spiro atoms. The largest absolute Gasteiger partial charge is 0.461 e. The zero-order chi connectivity index (χ0) is 22.5. The number of unbranched alkanes of at least 4 members (excludes halogenated alkanes) is 1. The third-order valence-electron chi connectivity index (χ3n) is 5.09. The van der Waals surface area contributed by atoms with Gasteiger partial charge < -0.3 is 4.74 Å². The second kappa shape index (κ2) is 13.5. The number of hydrogen-bond donors (Lipinski definition) is 0. The number of carbonyl (C=O) groups is 1. The highest BCUT2D eigenvalue weighted by molar-refractivity contribution is 9.09. The van der Waals surface area contributed by atoms with Gasteiger partial charge in [0.1, 0.15) is 11.6 Å². The van der Waals surface area contributed by atoms with Crippen LogP contribution in [0.4, 0.5) is 0 Å². The normalized spacial score (nSPS) is 12.1. The first-order valence-corrected chi connectivity index (χ1v) is 11.8. The molecule has 0 radical (unpaired) electrons. The smallest absolute Gasteiger partial charge is 0.349 e. The van der Waals surface area contributed by atoms with Crippen molar-refractivity contribution in [3.8, 4) is 17.9 Å². The van der Waals surface area contributed by atoms with Gasteiger partial charge in [0, 0.05) is 11.1 Å². The number of benzene rings is 2. The number of esters is 1. The van der Waals surface area contributed by atoms with E-state index in [0.717, 1.165) is 42.4 Å². The monoisotopic (exact) mass is 477 g/mol. The van der Waals surface area contributed by atoms with E-state index in [1.807, 2.05) is 54.6 Å². The number of rotatable bonds is 9. The second-order valence-corrected chi connectivity index (χ2v) is 7.82. The first-order valence-electron chi connectivity index (χ1n) is 10.7. The topological polar surface area (TPSA) is 50.1 Å². The molecule has 2 rings (SSSR count). The Hall–Kier alpha value is -2.82. The third-order valence-corrected chi connectivity index (χ3v) is 5.38. The van der Waals surface area contributed by atoms with Crippen LogP contribution >= 0.6 is 15.9 Å². The molecule has 1 unspecified atom stereocenters. The van der Waals surface area contributed by atoms with Crippen LogP contribution in [-0.2, 0) is 9.53 Å². The summed E-state index contributed by atoms with van der Waals surface area (Å²) in [6.07, 6.45) is 4.19. The number of ether oxygens (including phenoxy) is 1. The van der Waals surface area contributed by atoms with Crippen LogP contribution in [0.2, 0.25) is 0 Å². The van der Waals surface area contributed by atoms with Crippen molar-refractivity contribution in [1.29, 1.82) is 5.26 Å². The van der Waals surface area contributed by atoms with Crippen molar-refractivity contribution in [3.05, 3.63) is 76.9 Å². The van der Waals surface area contributed by atoms with Crippen LogP contribution in [0.3, 0.4) is 0 Å². The van der Waals surface area contributed by atoms with E-state index < -0.39 is 5.97 Å². The van der Waals surface area contributed by atoms with E-state index in [0.29, 0.717) is 23.4 Å². The average molecular weight is 478 g/mol. The van der Waals surface area contributed by atoms with E-state index in [2.05, 4.69) is 47.7 Å². The minimum atomic E-state index is -0.570. The second-order valence-electron chi connectivity index (χ2n) is 7.26. The molecule has 0 aliphatic carbocycles. The molecule has 2 aromatic carbocycles. The third kappa shape index (κ3) is 7.42. The molecule has 0 fully saturated rings. The summed E-state index contributed by atoms with van der Waals surface area (Å²) in [7, 11) is 0. The van der Waals surface area contributed by atoms with Crippen LogP contribution in [0.5, 0.6) is 0 Å². The minimum Gasteiger partial charge on any atom is -0.461 e. The van der Waals surface area contributed by atoms with Crippen LogP contribution in [0.1, 0.15) is 56.2 Å². The maximum Gasteiger partial charge on any atom is 0.349 e. The molecule has 0 N–H and O–H groups in total. The predicted octanol–water partition coefficient (Wildman–Crippen LogP) is 6.52. The molecule has 1 atom stereocenters. The fourth-order valence-electron chi connectivity index (χ4n) is 3.28. The lowest BCUT2D eigenvalue weighted by Crippen LogP contribution is -2.16. The molecule has 0 aliphatic heterocycles. The molecule has 0 amide bonds. The molecule has 0 bridgehead atoms. The van der Waals surface area contributed by atoms with E-state index in [9.17, 15) is 10.1 Å². The van der Waals surface area contributed by atoms with Crippen LogP contribution in [0.15, 0.2) is 60.2 Å². The molecule has 31 heavy (non-hydrogen) atoms. The predicted molar refractivity (Wildman–Crippen MR) is 129 cm³/mol. The number of nitrogens with zero attached hydrogens (tertiary/aromatic N) is 1. The molecular formula is C27H28BrNO2. The quantitative estimate of drug-likeness (QED) is 0.136. The fourth-order valence-corrected chi connectivity index (χ4v) is 3.42. The molecule has 0 saturated carbocycles. The van der Waals surface area contributed by atoms with Crippen LogP contribution < -0.4 is 0 Å². The summed E-state index contributed by atoms with van der Waals surface area (Å²) in [5, 5.41) is 10.5. The van der Waals surface area contributed by atoms with Crippen molar-refractivity contribution in [3.63, 3.8) is 0 Å². The Bertz CT molecular complexity index is 976. The zero-order valence-corrected chi connectivity index (χ0v) is 19.7. The number of hydrogen-bond acceptors (Lipinski definition) is 3. The molecular weight excluding hydrogens is 450 g/mol. The maximum absolute atomic E-state index is 12.9. The van der Waals surface area contributed by atoms with Crippen molar-refractivity contribution in [1.82, 2.24) is 0 Å². The Kier molecular flexibility index (Phi) is 10.6. The fraction of sp³-hybridized carbons (Fsp3) is 0.333. The zero-order valence-electron chi connectivity index (χ0n) is 18.2. The summed E-state index contributed by atoms with van der Waals surface area (Å²) in [5.41, 5.74) is 3.05. The number of halogens is 1. The highest BCUT2D eigenvalue weighted by Gasteiger charge is 2.21. The van der Waals surface area contributed by atoms with E-state index in [-0.39, 0.29) is 5.57 Å². The van der Waals surface area contributed by atoms with Gasteiger partial charge in [0.2, 0.25) is 0 Å². The maximum atomic E-state index is 12.9. The van der Waals surface area contributed by atoms with Gasteiger partial charge in [0.25, 0.3) is 0 Å². The van der Waals surface area contributed by atoms with Gasteiger partial charge in [-0.25, -0.2) is 4.79 Å².